The van der Waals surface area contributed by atoms with Gasteiger partial charge in [0.2, 0.25) is 0 Å². The molecule has 16 heavy (non-hydrogen) atoms. The molecular formula is C11H14N4O. The summed E-state index contributed by atoms with van der Waals surface area (Å²) in [4.78, 5) is 0. The molecule has 0 aliphatic heterocycles. The van der Waals surface area contributed by atoms with E-state index in [4.69, 9.17) is 5.73 Å². The van der Waals surface area contributed by atoms with Crippen molar-refractivity contribution in [2.24, 2.45) is 0 Å². The Kier molecular flexibility index (Phi) is 2.52. The SMILES string of the molecule is CC(C)c1nnn(-c2cccc(O)c2)c1N. The fraction of sp³-hybridized carbons (Fsp3) is 0.273. The van der Waals surface area contributed by atoms with Gasteiger partial charge in [0, 0.05) is 12.0 Å². The first-order valence-electron chi connectivity index (χ1n) is 5.10. The maximum Gasteiger partial charge on any atom is 0.151 e. The number of benzene rings is 1. The van der Waals surface area contributed by atoms with Crippen molar-refractivity contribution in [3.63, 3.8) is 0 Å². The largest absolute Gasteiger partial charge is 0.508 e. The van der Waals surface area contributed by atoms with Gasteiger partial charge < -0.3 is 10.8 Å². The van der Waals surface area contributed by atoms with E-state index in [1.807, 2.05) is 19.9 Å². The Morgan fingerprint density at radius 1 is 1.38 bits per heavy atom. The van der Waals surface area contributed by atoms with Gasteiger partial charge in [0.05, 0.1) is 5.69 Å². The molecule has 1 aromatic heterocycles. The number of hydrogen-bond donors (Lipinski definition) is 2. The first-order valence-corrected chi connectivity index (χ1v) is 5.10. The number of aromatic hydroxyl groups is 1. The van der Waals surface area contributed by atoms with E-state index in [1.165, 1.54) is 4.68 Å². The van der Waals surface area contributed by atoms with E-state index in [-0.39, 0.29) is 11.7 Å². The lowest BCUT2D eigenvalue weighted by molar-refractivity contribution is 0.475. The summed E-state index contributed by atoms with van der Waals surface area (Å²) in [5, 5.41) is 17.4. The van der Waals surface area contributed by atoms with Crippen LogP contribution in [0.2, 0.25) is 0 Å². The van der Waals surface area contributed by atoms with Gasteiger partial charge in [-0.25, -0.2) is 0 Å². The van der Waals surface area contributed by atoms with Gasteiger partial charge >= 0.3 is 0 Å². The van der Waals surface area contributed by atoms with Crippen molar-refractivity contribution in [3.8, 4) is 11.4 Å². The van der Waals surface area contributed by atoms with Crippen LogP contribution in [0.1, 0.15) is 25.5 Å². The van der Waals surface area contributed by atoms with Crippen molar-refractivity contribution in [2.75, 3.05) is 5.73 Å². The predicted octanol–water partition coefficient (Wildman–Crippen LogP) is 1.68. The third-order valence-corrected chi connectivity index (χ3v) is 2.35. The Balaban J connectivity index is 2.49. The quantitative estimate of drug-likeness (QED) is 0.804. The molecule has 0 amide bonds. The number of hydrogen-bond acceptors (Lipinski definition) is 4. The fourth-order valence-electron chi connectivity index (χ4n) is 1.53. The van der Waals surface area contributed by atoms with E-state index >= 15 is 0 Å². The number of nitrogens with two attached hydrogens (primary N) is 1. The molecule has 84 valence electrons. The molecule has 2 aromatic rings. The smallest absolute Gasteiger partial charge is 0.151 e. The zero-order chi connectivity index (χ0) is 11.7. The number of phenolic OH excluding ortho intramolecular Hbond substituents is 1. The monoisotopic (exact) mass is 218 g/mol. The van der Waals surface area contributed by atoms with Crippen LogP contribution in [0.15, 0.2) is 24.3 Å². The summed E-state index contributed by atoms with van der Waals surface area (Å²) in [6.45, 7) is 4.01. The van der Waals surface area contributed by atoms with Crippen molar-refractivity contribution < 1.29 is 5.11 Å². The van der Waals surface area contributed by atoms with E-state index in [2.05, 4.69) is 10.3 Å². The summed E-state index contributed by atoms with van der Waals surface area (Å²) < 4.78 is 1.52. The Labute approximate surface area is 93.5 Å². The van der Waals surface area contributed by atoms with Crippen molar-refractivity contribution in [2.45, 2.75) is 19.8 Å². The Hall–Kier alpha value is -2.04. The average molecular weight is 218 g/mol. The standard InChI is InChI=1S/C11H14N4O/c1-7(2)10-11(12)15(14-13-10)8-4-3-5-9(16)6-8/h3-7,16H,12H2,1-2H3. The molecule has 0 saturated heterocycles. The normalized spacial score (nSPS) is 10.9. The molecule has 2 rings (SSSR count). The number of rotatable bonds is 2. The van der Waals surface area contributed by atoms with Crippen LogP contribution in [0.3, 0.4) is 0 Å². The second kappa shape index (κ2) is 3.84. The number of phenols is 1. The summed E-state index contributed by atoms with van der Waals surface area (Å²) >= 11 is 0. The van der Waals surface area contributed by atoms with Crippen molar-refractivity contribution in [1.82, 2.24) is 15.0 Å². The highest BCUT2D eigenvalue weighted by molar-refractivity contribution is 5.47. The van der Waals surface area contributed by atoms with E-state index < -0.39 is 0 Å². The summed E-state index contributed by atoms with van der Waals surface area (Å²) in [6, 6.07) is 6.74. The van der Waals surface area contributed by atoms with Crippen LogP contribution in [0.4, 0.5) is 5.82 Å². The van der Waals surface area contributed by atoms with Gasteiger partial charge in [0.15, 0.2) is 5.82 Å². The molecule has 0 saturated carbocycles. The minimum atomic E-state index is 0.179. The van der Waals surface area contributed by atoms with E-state index in [1.54, 1.807) is 18.2 Å². The van der Waals surface area contributed by atoms with Crippen LogP contribution in [0.25, 0.3) is 5.69 Å². The van der Waals surface area contributed by atoms with Gasteiger partial charge in [0.1, 0.15) is 11.4 Å². The minimum absolute atomic E-state index is 0.179. The van der Waals surface area contributed by atoms with Crippen molar-refractivity contribution in [3.05, 3.63) is 30.0 Å². The molecule has 0 bridgehead atoms. The Morgan fingerprint density at radius 2 is 2.12 bits per heavy atom. The van der Waals surface area contributed by atoms with Crippen LogP contribution in [0.5, 0.6) is 5.75 Å². The molecule has 0 radical (unpaired) electrons. The summed E-state index contributed by atoms with van der Waals surface area (Å²) in [6.07, 6.45) is 0. The number of anilines is 1. The highest BCUT2D eigenvalue weighted by Gasteiger charge is 2.13. The zero-order valence-electron chi connectivity index (χ0n) is 9.25. The molecule has 5 heteroatoms. The van der Waals surface area contributed by atoms with Gasteiger partial charge in [-0.15, -0.1) is 5.10 Å². The van der Waals surface area contributed by atoms with Crippen LogP contribution in [-0.2, 0) is 0 Å². The molecule has 0 atom stereocenters. The molecular weight excluding hydrogens is 204 g/mol. The predicted molar refractivity (Wildman–Crippen MR) is 61.5 cm³/mol. The Bertz CT molecular complexity index is 504. The van der Waals surface area contributed by atoms with E-state index in [0.717, 1.165) is 5.69 Å². The first kappa shape index (κ1) is 10.5. The van der Waals surface area contributed by atoms with E-state index in [9.17, 15) is 5.11 Å². The van der Waals surface area contributed by atoms with Gasteiger partial charge in [-0.2, -0.15) is 4.68 Å². The maximum absolute atomic E-state index is 9.38. The lowest BCUT2D eigenvalue weighted by atomic mass is 10.1. The highest BCUT2D eigenvalue weighted by Crippen LogP contribution is 2.22. The molecule has 0 unspecified atom stereocenters. The van der Waals surface area contributed by atoms with Crippen molar-refractivity contribution >= 4 is 5.82 Å². The molecule has 5 nitrogen and oxygen atoms in total. The van der Waals surface area contributed by atoms with Gasteiger partial charge in [0.25, 0.3) is 0 Å². The third-order valence-electron chi connectivity index (χ3n) is 2.35. The summed E-state index contributed by atoms with van der Waals surface area (Å²) in [5.74, 6) is 0.921. The van der Waals surface area contributed by atoms with Gasteiger partial charge in [-0.05, 0) is 12.1 Å². The second-order valence-corrected chi connectivity index (χ2v) is 3.95. The second-order valence-electron chi connectivity index (χ2n) is 3.95. The molecule has 1 aromatic carbocycles. The maximum atomic E-state index is 9.38. The minimum Gasteiger partial charge on any atom is -0.508 e. The molecule has 0 spiro atoms. The summed E-state index contributed by atoms with van der Waals surface area (Å²) in [7, 11) is 0. The first-order chi connectivity index (χ1) is 7.59. The topological polar surface area (TPSA) is 77.0 Å². The Morgan fingerprint density at radius 3 is 2.69 bits per heavy atom. The number of nitrogen functional groups attached to an aromatic ring is 1. The molecule has 0 aliphatic rings. The number of nitrogens with zero attached hydrogens (tertiary/aromatic N) is 3. The van der Waals surface area contributed by atoms with Crippen LogP contribution in [-0.4, -0.2) is 20.1 Å². The highest BCUT2D eigenvalue weighted by atomic mass is 16.3. The van der Waals surface area contributed by atoms with Gasteiger partial charge in [-0.1, -0.05) is 25.1 Å². The van der Waals surface area contributed by atoms with E-state index in [0.29, 0.717) is 11.5 Å². The molecule has 1 heterocycles. The lowest BCUT2D eigenvalue weighted by Gasteiger charge is -2.04. The molecule has 3 N–H and O–H groups in total. The molecule has 0 aliphatic carbocycles. The fourth-order valence-corrected chi connectivity index (χ4v) is 1.53. The lowest BCUT2D eigenvalue weighted by Crippen LogP contribution is -2.03. The van der Waals surface area contributed by atoms with Crippen LogP contribution in [0, 0.1) is 0 Å². The molecule has 0 fully saturated rings. The third kappa shape index (κ3) is 1.71. The number of aromatic nitrogens is 3. The average Bonchev–Trinajstić information content (AvgIpc) is 2.60. The van der Waals surface area contributed by atoms with Crippen LogP contribution < -0.4 is 5.73 Å². The van der Waals surface area contributed by atoms with Gasteiger partial charge in [-0.3, -0.25) is 0 Å². The van der Waals surface area contributed by atoms with Crippen LogP contribution >= 0.6 is 0 Å². The summed E-state index contributed by atoms with van der Waals surface area (Å²) in [5.41, 5.74) is 7.42. The zero-order valence-corrected chi connectivity index (χ0v) is 9.25. The van der Waals surface area contributed by atoms with Crippen molar-refractivity contribution in [1.29, 1.82) is 0 Å².